The topological polar surface area (TPSA) is 46.1 Å². The van der Waals surface area contributed by atoms with Gasteiger partial charge in [0.15, 0.2) is 5.96 Å². The average molecular weight is 477 g/mol. The van der Waals surface area contributed by atoms with Crippen LogP contribution in [0.2, 0.25) is 0 Å². The minimum absolute atomic E-state index is 0. The zero-order valence-electron chi connectivity index (χ0n) is 15.4. The second kappa shape index (κ2) is 10.3. The maximum absolute atomic E-state index is 12.9. The molecule has 5 nitrogen and oxygen atoms in total. The molecule has 3 rings (SSSR count). The van der Waals surface area contributed by atoms with Gasteiger partial charge in [0.2, 0.25) is 0 Å². The number of nitrogens with zero attached hydrogens (tertiary/aromatic N) is 2. The lowest BCUT2D eigenvalue weighted by Crippen LogP contribution is -2.41. The second-order valence-electron chi connectivity index (χ2n) is 6.87. The molecule has 1 aromatic rings. The molecule has 26 heavy (non-hydrogen) atoms. The maximum Gasteiger partial charge on any atom is 0.193 e. The number of benzene rings is 1. The van der Waals surface area contributed by atoms with Crippen LogP contribution in [0.5, 0.6) is 5.75 Å². The number of ether oxygens (including phenoxy) is 2. The normalized spacial score (nSPS) is 22.5. The fraction of sp³-hybridized carbons (Fsp3) is 0.632. The van der Waals surface area contributed by atoms with Crippen LogP contribution < -0.4 is 10.1 Å². The molecule has 1 aromatic carbocycles. The summed E-state index contributed by atoms with van der Waals surface area (Å²) in [7, 11) is 0. The summed E-state index contributed by atoms with van der Waals surface area (Å²) in [5.41, 5.74) is 0.335. The van der Waals surface area contributed by atoms with Crippen molar-refractivity contribution in [1.29, 1.82) is 0 Å². The van der Waals surface area contributed by atoms with Gasteiger partial charge in [0, 0.05) is 44.6 Å². The molecule has 2 fully saturated rings. The fourth-order valence-corrected chi connectivity index (χ4v) is 3.48. The molecule has 0 amide bonds. The quantitative estimate of drug-likeness (QED) is 0.296. The molecule has 1 unspecified atom stereocenters. The van der Waals surface area contributed by atoms with Crippen molar-refractivity contribution in [2.45, 2.75) is 26.2 Å². The number of guanidine groups is 1. The fourth-order valence-electron chi connectivity index (χ4n) is 3.48. The van der Waals surface area contributed by atoms with E-state index in [1.807, 2.05) is 0 Å². The summed E-state index contributed by atoms with van der Waals surface area (Å²) in [5, 5.41) is 3.40. The molecule has 146 valence electrons. The van der Waals surface area contributed by atoms with Gasteiger partial charge in [-0.25, -0.2) is 4.39 Å². The van der Waals surface area contributed by atoms with Crippen LogP contribution in [-0.2, 0) is 4.74 Å². The van der Waals surface area contributed by atoms with Gasteiger partial charge in [-0.05, 0) is 44.0 Å². The number of likely N-dealkylation sites (tertiary alicyclic amines) is 1. The van der Waals surface area contributed by atoms with Crippen LogP contribution in [0.1, 0.15) is 26.2 Å². The van der Waals surface area contributed by atoms with E-state index in [-0.39, 0.29) is 29.8 Å². The van der Waals surface area contributed by atoms with Crippen molar-refractivity contribution in [3.8, 4) is 5.75 Å². The Balaban J connectivity index is 0.00000243. The van der Waals surface area contributed by atoms with E-state index in [1.54, 1.807) is 12.1 Å². The minimum atomic E-state index is -0.247. The van der Waals surface area contributed by atoms with Crippen LogP contribution in [0.25, 0.3) is 0 Å². The van der Waals surface area contributed by atoms with Crippen molar-refractivity contribution in [3.05, 3.63) is 30.1 Å². The van der Waals surface area contributed by atoms with Gasteiger partial charge in [-0.15, -0.1) is 24.0 Å². The molecule has 2 heterocycles. The molecule has 7 heteroatoms. The van der Waals surface area contributed by atoms with E-state index < -0.39 is 0 Å². The van der Waals surface area contributed by atoms with Gasteiger partial charge >= 0.3 is 0 Å². The number of nitrogens with one attached hydrogen (secondary N) is 1. The molecule has 0 aliphatic carbocycles. The third-order valence-corrected chi connectivity index (χ3v) is 4.90. The predicted octanol–water partition coefficient (Wildman–Crippen LogP) is 3.29. The predicted molar refractivity (Wildman–Crippen MR) is 112 cm³/mol. The van der Waals surface area contributed by atoms with Crippen molar-refractivity contribution < 1.29 is 13.9 Å². The number of hydrogen-bond donors (Lipinski definition) is 1. The number of aliphatic imine (C=N–C) groups is 1. The zero-order chi connectivity index (χ0) is 17.5. The third kappa shape index (κ3) is 5.70. The Kier molecular flexibility index (Phi) is 8.40. The van der Waals surface area contributed by atoms with Gasteiger partial charge in [-0.2, -0.15) is 0 Å². The highest BCUT2D eigenvalue weighted by atomic mass is 127. The number of rotatable bonds is 6. The first-order chi connectivity index (χ1) is 12.2. The van der Waals surface area contributed by atoms with Crippen molar-refractivity contribution in [3.63, 3.8) is 0 Å². The van der Waals surface area contributed by atoms with E-state index in [4.69, 9.17) is 14.5 Å². The molecule has 2 saturated heterocycles. The van der Waals surface area contributed by atoms with E-state index >= 15 is 0 Å². The van der Waals surface area contributed by atoms with Gasteiger partial charge in [0.05, 0.1) is 13.2 Å². The Morgan fingerprint density at radius 1 is 1.35 bits per heavy atom. The summed E-state index contributed by atoms with van der Waals surface area (Å²) in [6.07, 6.45) is 3.17. The minimum Gasteiger partial charge on any atom is -0.494 e. The highest BCUT2D eigenvalue weighted by molar-refractivity contribution is 14.0. The SMILES string of the molecule is CCNC(=NCCCOc1ccc(F)cc1)N1CCC2(CCOC2)C1.I. The van der Waals surface area contributed by atoms with Crippen LogP contribution in [0.4, 0.5) is 4.39 Å². The Labute approximate surface area is 172 Å². The summed E-state index contributed by atoms with van der Waals surface area (Å²) in [5.74, 6) is 1.44. The van der Waals surface area contributed by atoms with Crippen LogP contribution in [0.15, 0.2) is 29.3 Å². The molecule has 1 N–H and O–H groups in total. The number of halogens is 2. The van der Waals surface area contributed by atoms with E-state index in [0.717, 1.165) is 51.6 Å². The number of hydrogen-bond acceptors (Lipinski definition) is 3. The molecule has 0 radical (unpaired) electrons. The monoisotopic (exact) mass is 477 g/mol. The summed E-state index contributed by atoms with van der Waals surface area (Å²) in [6.45, 7) is 8.10. The molecule has 2 aliphatic rings. The zero-order valence-corrected chi connectivity index (χ0v) is 17.7. The van der Waals surface area contributed by atoms with Crippen molar-refractivity contribution >= 4 is 29.9 Å². The molecule has 0 bridgehead atoms. The van der Waals surface area contributed by atoms with Gasteiger partial charge in [0.25, 0.3) is 0 Å². The smallest absolute Gasteiger partial charge is 0.193 e. The lowest BCUT2D eigenvalue weighted by atomic mass is 9.87. The second-order valence-corrected chi connectivity index (χ2v) is 6.87. The standard InChI is InChI=1S/C19H28FN3O2.HI/c1-2-21-18(23-11-8-19(14-23)9-13-24-15-19)22-10-3-12-25-17-6-4-16(20)5-7-17;/h4-7H,2-3,8-15H2,1H3,(H,21,22);1H. The average Bonchev–Trinajstić information content (AvgIpc) is 3.25. The Morgan fingerprint density at radius 3 is 2.85 bits per heavy atom. The van der Waals surface area contributed by atoms with Gasteiger partial charge in [0.1, 0.15) is 11.6 Å². The van der Waals surface area contributed by atoms with Crippen LogP contribution >= 0.6 is 24.0 Å². The molecule has 0 saturated carbocycles. The highest BCUT2D eigenvalue weighted by Crippen LogP contribution is 2.38. The van der Waals surface area contributed by atoms with Crippen LogP contribution in [-0.4, -0.2) is 56.9 Å². The lowest BCUT2D eigenvalue weighted by Gasteiger charge is -2.25. The molecule has 1 spiro atoms. The Hall–Kier alpha value is -1.09. The molecule has 0 aromatic heterocycles. The summed E-state index contributed by atoms with van der Waals surface area (Å²) in [6, 6.07) is 6.12. The first-order valence-electron chi connectivity index (χ1n) is 9.20. The van der Waals surface area contributed by atoms with Crippen molar-refractivity contribution in [2.75, 3.05) is 46.0 Å². The molecule has 1 atom stereocenters. The molecular weight excluding hydrogens is 448 g/mol. The molecule has 2 aliphatic heterocycles. The Morgan fingerprint density at radius 2 is 2.15 bits per heavy atom. The summed E-state index contributed by atoms with van der Waals surface area (Å²) < 4.78 is 24.1. The van der Waals surface area contributed by atoms with Gasteiger partial charge in [-0.3, -0.25) is 4.99 Å². The first-order valence-corrected chi connectivity index (χ1v) is 9.20. The Bertz CT molecular complexity index is 577. The third-order valence-electron chi connectivity index (χ3n) is 4.90. The van der Waals surface area contributed by atoms with Crippen molar-refractivity contribution in [2.24, 2.45) is 10.4 Å². The van der Waals surface area contributed by atoms with E-state index in [2.05, 4.69) is 17.1 Å². The maximum atomic E-state index is 12.9. The summed E-state index contributed by atoms with van der Waals surface area (Å²) >= 11 is 0. The van der Waals surface area contributed by atoms with Crippen LogP contribution in [0, 0.1) is 11.2 Å². The van der Waals surface area contributed by atoms with E-state index in [0.29, 0.717) is 24.3 Å². The van der Waals surface area contributed by atoms with Crippen LogP contribution in [0.3, 0.4) is 0 Å². The largest absolute Gasteiger partial charge is 0.494 e. The van der Waals surface area contributed by atoms with E-state index in [1.165, 1.54) is 18.6 Å². The lowest BCUT2D eigenvalue weighted by molar-refractivity contribution is 0.156. The van der Waals surface area contributed by atoms with Gasteiger partial charge in [-0.1, -0.05) is 0 Å². The van der Waals surface area contributed by atoms with Crippen molar-refractivity contribution in [1.82, 2.24) is 10.2 Å². The highest BCUT2D eigenvalue weighted by Gasteiger charge is 2.42. The van der Waals surface area contributed by atoms with Gasteiger partial charge < -0.3 is 19.7 Å². The molecular formula is C19H29FIN3O2. The van der Waals surface area contributed by atoms with E-state index in [9.17, 15) is 4.39 Å². The first kappa shape index (κ1) is 21.2. The summed E-state index contributed by atoms with van der Waals surface area (Å²) in [4.78, 5) is 7.11.